The van der Waals surface area contributed by atoms with Crippen molar-refractivity contribution in [1.82, 2.24) is 0 Å². The number of para-hydroxylation sites is 1. The molecule has 6 nitrogen and oxygen atoms in total. The van der Waals surface area contributed by atoms with E-state index in [1.54, 1.807) is 0 Å². The zero-order valence-corrected chi connectivity index (χ0v) is 16.3. The molecular formula is C24H22O6. The quantitative estimate of drug-likeness (QED) is 0.568. The Hall–Kier alpha value is -3.35. The highest BCUT2D eigenvalue weighted by Gasteiger charge is 2.42. The first-order valence-electron chi connectivity index (χ1n) is 9.62. The molecule has 1 aliphatic heterocycles. The molecule has 0 radical (unpaired) electrons. The van der Waals surface area contributed by atoms with Gasteiger partial charge in [0.2, 0.25) is 0 Å². The van der Waals surface area contributed by atoms with Crippen LogP contribution in [0.25, 0.3) is 0 Å². The second kappa shape index (κ2) is 8.98. The van der Waals surface area contributed by atoms with Crippen LogP contribution in [-0.2, 0) is 26.5 Å². The lowest BCUT2D eigenvalue weighted by Crippen LogP contribution is -2.49. The predicted octanol–water partition coefficient (Wildman–Crippen LogP) is 4.38. The SMILES string of the molecule is O=C(O)COC1(c2ccc(OCc3ccc(Oc4ccccc4)cc3)cc2)COC1. The van der Waals surface area contributed by atoms with E-state index in [4.69, 9.17) is 24.1 Å². The first-order chi connectivity index (χ1) is 14.6. The van der Waals surface area contributed by atoms with Gasteiger partial charge in [0, 0.05) is 0 Å². The topological polar surface area (TPSA) is 74.2 Å². The third kappa shape index (κ3) is 4.79. The molecule has 0 atom stereocenters. The second-order valence-corrected chi connectivity index (χ2v) is 7.04. The molecular weight excluding hydrogens is 384 g/mol. The lowest BCUT2D eigenvalue weighted by Gasteiger charge is -2.41. The molecule has 3 aromatic carbocycles. The third-order valence-electron chi connectivity index (χ3n) is 4.83. The van der Waals surface area contributed by atoms with Crippen molar-refractivity contribution in [1.29, 1.82) is 0 Å². The number of carboxylic acid groups (broad SMARTS) is 1. The van der Waals surface area contributed by atoms with Crippen molar-refractivity contribution in [3.63, 3.8) is 0 Å². The molecule has 1 aliphatic rings. The van der Waals surface area contributed by atoms with E-state index in [2.05, 4.69) is 0 Å². The smallest absolute Gasteiger partial charge is 0.329 e. The standard InChI is InChI=1S/C24H22O6/c25-23(26)15-29-24(16-27-17-24)19-8-12-20(13-9-19)28-14-18-6-10-22(11-7-18)30-21-4-2-1-3-5-21/h1-13H,14-17H2,(H,25,26). The molecule has 1 fully saturated rings. The summed E-state index contributed by atoms with van der Waals surface area (Å²) >= 11 is 0. The van der Waals surface area contributed by atoms with Crippen molar-refractivity contribution in [3.8, 4) is 17.2 Å². The van der Waals surface area contributed by atoms with Gasteiger partial charge < -0.3 is 24.1 Å². The van der Waals surface area contributed by atoms with Crippen LogP contribution < -0.4 is 9.47 Å². The number of benzene rings is 3. The molecule has 0 unspecified atom stereocenters. The number of carboxylic acids is 1. The maximum absolute atomic E-state index is 10.8. The number of aliphatic carboxylic acids is 1. The van der Waals surface area contributed by atoms with Crippen LogP contribution in [0.5, 0.6) is 17.2 Å². The van der Waals surface area contributed by atoms with Crippen molar-refractivity contribution in [3.05, 3.63) is 90.0 Å². The fourth-order valence-electron chi connectivity index (χ4n) is 3.12. The van der Waals surface area contributed by atoms with E-state index in [0.29, 0.717) is 19.8 Å². The Bertz CT molecular complexity index is 963. The van der Waals surface area contributed by atoms with Crippen molar-refractivity contribution in [2.45, 2.75) is 12.2 Å². The lowest BCUT2D eigenvalue weighted by atomic mass is 9.91. The van der Waals surface area contributed by atoms with Crippen LogP contribution in [0.1, 0.15) is 11.1 Å². The van der Waals surface area contributed by atoms with Gasteiger partial charge in [0.15, 0.2) is 0 Å². The van der Waals surface area contributed by atoms with Gasteiger partial charge in [0.05, 0.1) is 13.2 Å². The van der Waals surface area contributed by atoms with E-state index in [0.717, 1.165) is 28.4 Å². The van der Waals surface area contributed by atoms with Crippen LogP contribution >= 0.6 is 0 Å². The summed E-state index contributed by atoms with van der Waals surface area (Å²) in [6.07, 6.45) is 0. The highest BCUT2D eigenvalue weighted by molar-refractivity contribution is 5.68. The summed E-state index contributed by atoms with van der Waals surface area (Å²) in [6.45, 7) is 0.760. The van der Waals surface area contributed by atoms with E-state index in [9.17, 15) is 4.79 Å². The summed E-state index contributed by atoms with van der Waals surface area (Å²) in [4.78, 5) is 10.8. The van der Waals surface area contributed by atoms with Gasteiger partial charge in [-0.2, -0.15) is 0 Å². The van der Waals surface area contributed by atoms with Gasteiger partial charge in [-0.25, -0.2) is 4.79 Å². The maximum Gasteiger partial charge on any atom is 0.329 e. The highest BCUT2D eigenvalue weighted by atomic mass is 16.6. The van der Waals surface area contributed by atoms with Gasteiger partial charge in [-0.15, -0.1) is 0 Å². The Kier molecular flexibility index (Phi) is 5.97. The number of ether oxygens (including phenoxy) is 4. The minimum atomic E-state index is -0.999. The molecule has 0 aromatic heterocycles. The normalized spacial score (nSPS) is 14.5. The van der Waals surface area contributed by atoms with Crippen LogP contribution in [0.2, 0.25) is 0 Å². The zero-order valence-electron chi connectivity index (χ0n) is 16.3. The highest BCUT2D eigenvalue weighted by Crippen LogP contribution is 2.34. The molecule has 1 saturated heterocycles. The molecule has 0 saturated carbocycles. The first kappa shape index (κ1) is 19.9. The number of rotatable bonds is 9. The molecule has 4 rings (SSSR count). The van der Waals surface area contributed by atoms with Crippen LogP contribution in [-0.4, -0.2) is 30.9 Å². The van der Waals surface area contributed by atoms with Gasteiger partial charge >= 0.3 is 5.97 Å². The van der Waals surface area contributed by atoms with Crippen molar-refractivity contribution >= 4 is 5.97 Å². The molecule has 30 heavy (non-hydrogen) atoms. The van der Waals surface area contributed by atoms with E-state index < -0.39 is 11.6 Å². The average Bonchev–Trinajstić information content (AvgIpc) is 2.74. The van der Waals surface area contributed by atoms with E-state index >= 15 is 0 Å². The van der Waals surface area contributed by atoms with Gasteiger partial charge in [-0.05, 0) is 47.5 Å². The van der Waals surface area contributed by atoms with Gasteiger partial charge in [0.25, 0.3) is 0 Å². The van der Waals surface area contributed by atoms with Crippen molar-refractivity contribution < 1.29 is 28.8 Å². The summed E-state index contributed by atoms with van der Waals surface area (Å²) in [6, 6.07) is 24.9. The molecule has 3 aromatic rings. The van der Waals surface area contributed by atoms with Crippen LogP contribution in [0.3, 0.4) is 0 Å². The van der Waals surface area contributed by atoms with Gasteiger partial charge in [0.1, 0.15) is 36.1 Å². The molecule has 6 heteroatoms. The Morgan fingerprint density at radius 3 is 2.10 bits per heavy atom. The minimum absolute atomic E-state index is 0.345. The first-order valence-corrected chi connectivity index (χ1v) is 9.62. The average molecular weight is 406 g/mol. The van der Waals surface area contributed by atoms with E-state index in [1.165, 1.54) is 0 Å². The number of carbonyl (C=O) groups is 1. The van der Waals surface area contributed by atoms with E-state index in [-0.39, 0.29) is 6.61 Å². The molecule has 0 amide bonds. The van der Waals surface area contributed by atoms with Crippen LogP contribution in [0, 0.1) is 0 Å². The van der Waals surface area contributed by atoms with E-state index in [1.807, 2.05) is 78.9 Å². The monoisotopic (exact) mass is 406 g/mol. The molecule has 154 valence electrons. The van der Waals surface area contributed by atoms with Crippen molar-refractivity contribution in [2.75, 3.05) is 19.8 Å². The van der Waals surface area contributed by atoms with Crippen LogP contribution in [0.4, 0.5) is 0 Å². The number of hydrogen-bond donors (Lipinski definition) is 1. The second-order valence-electron chi connectivity index (χ2n) is 7.04. The Balaban J connectivity index is 1.32. The summed E-state index contributed by atoms with van der Waals surface area (Å²) < 4.78 is 22.5. The fourth-order valence-corrected chi connectivity index (χ4v) is 3.12. The lowest BCUT2D eigenvalue weighted by molar-refractivity contribution is -0.220. The van der Waals surface area contributed by atoms with Gasteiger partial charge in [-0.3, -0.25) is 0 Å². The van der Waals surface area contributed by atoms with Crippen molar-refractivity contribution in [2.24, 2.45) is 0 Å². The third-order valence-corrected chi connectivity index (χ3v) is 4.83. The fraction of sp³-hybridized carbons (Fsp3) is 0.208. The summed E-state index contributed by atoms with van der Waals surface area (Å²) in [7, 11) is 0. The predicted molar refractivity (Wildman–Crippen MR) is 110 cm³/mol. The molecule has 1 N–H and O–H groups in total. The summed E-state index contributed by atoms with van der Waals surface area (Å²) in [5.74, 6) is 1.28. The minimum Gasteiger partial charge on any atom is -0.489 e. The van der Waals surface area contributed by atoms with Crippen LogP contribution in [0.15, 0.2) is 78.9 Å². The number of hydrogen-bond acceptors (Lipinski definition) is 5. The molecule has 0 bridgehead atoms. The Morgan fingerprint density at radius 2 is 1.50 bits per heavy atom. The summed E-state index contributed by atoms with van der Waals surface area (Å²) in [5, 5.41) is 8.86. The largest absolute Gasteiger partial charge is 0.489 e. The Labute approximate surface area is 174 Å². The molecule has 1 heterocycles. The Morgan fingerprint density at radius 1 is 0.867 bits per heavy atom. The summed E-state index contributed by atoms with van der Waals surface area (Å²) in [5.41, 5.74) is 1.21. The zero-order chi connectivity index (χ0) is 20.8. The molecule has 0 spiro atoms. The van der Waals surface area contributed by atoms with Gasteiger partial charge in [-0.1, -0.05) is 42.5 Å². The maximum atomic E-state index is 10.8. The molecule has 0 aliphatic carbocycles.